The van der Waals surface area contributed by atoms with Gasteiger partial charge in [-0.3, -0.25) is 9.69 Å². The molecule has 0 saturated carbocycles. The summed E-state index contributed by atoms with van der Waals surface area (Å²) < 4.78 is 1.70. The average Bonchev–Trinajstić information content (AvgIpc) is 3.10. The van der Waals surface area contributed by atoms with E-state index in [2.05, 4.69) is 21.9 Å². The number of carbonyl (C=O) groups excluding carboxylic acids is 1. The van der Waals surface area contributed by atoms with Crippen molar-refractivity contribution in [3.63, 3.8) is 0 Å². The summed E-state index contributed by atoms with van der Waals surface area (Å²) in [5.41, 5.74) is 7.44. The first kappa shape index (κ1) is 17.7. The molecule has 2 heterocycles. The van der Waals surface area contributed by atoms with Crippen LogP contribution in [0.2, 0.25) is 5.02 Å². The fourth-order valence-corrected chi connectivity index (χ4v) is 3.24. The van der Waals surface area contributed by atoms with E-state index >= 15 is 0 Å². The Morgan fingerprint density at radius 2 is 2.22 bits per heavy atom. The monoisotopic (exact) mass is 355 g/mol. The van der Waals surface area contributed by atoms with Crippen molar-refractivity contribution >= 4 is 29.9 Å². The fraction of sp³-hybridized carbons (Fsp3) is 0.400. The normalized spacial score (nSPS) is 21.1. The maximum absolute atomic E-state index is 11.7. The number of aromatic nitrogens is 3. The van der Waals surface area contributed by atoms with Crippen LogP contribution in [-0.2, 0) is 11.3 Å². The predicted molar refractivity (Wildman–Crippen MR) is 90.8 cm³/mol. The quantitative estimate of drug-likeness (QED) is 0.911. The van der Waals surface area contributed by atoms with Crippen molar-refractivity contribution in [3.05, 3.63) is 41.4 Å². The minimum Gasteiger partial charge on any atom is -0.368 e. The van der Waals surface area contributed by atoms with Crippen LogP contribution in [0.15, 0.2) is 30.9 Å². The van der Waals surface area contributed by atoms with E-state index in [1.165, 1.54) is 6.33 Å². The number of amides is 1. The number of rotatable bonds is 4. The Morgan fingerprint density at radius 3 is 2.87 bits per heavy atom. The highest BCUT2D eigenvalue weighted by atomic mass is 35.5. The standard InChI is InChI=1S/C15H18ClN5O.ClH/c1-10-2-4-14(15(17)22)20(10)7-11-6-12(16)3-5-13(11)21-9-18-8-19-21;/h3,5-6,8-10,14H,2,4,7H2,1H3,(H2,17,22);1H/t10?,14-;/m0./s1. The number of benzene rings is 1. The summed E-state index contributed by atoms with van der Waals surface area (Å²) in [5.74, 6) is -0.270. The second kappa shape index (κ2) is 7.29. The Bertz CT molecular complexity index is 677. The number of halogens is 2. The third-order valence-electron chi connectivity index (χ3n) is 4.21. The van der Waals surface area contributed by atoms with E-state index in [1.54, 1.807) is 11.0 Å². The molecule has 2 N–H and O–H groups in total. The number of primary amides is 1. The number of carbonyl (C=O) groups is 1. The molecule has 1 unspecified atom stereocenters. The minimum atomic E-state index is -0.270. The van der Waals surface area contributed by atoms with Crippen LogP contribution in [0.5, 0.6) is 0 Å². The smallest absolute Gasteiger partial charge is 0.234 e. The lowest BCUT2D eigenvalue weighted by molar-refractivity contribution is -0.122. The second-order valence-electron chi connectivity index (χ2n) is 5.63. The van der Waals surface area contributed by atoms with E-state index in [0.717, 1.165) is 24.1 Å². The molecule has 2 aromatic rings. The molecule has 0 spiro atoms. The summed E-state index contributed by atoms with van der Waals surface area (Å²) in [6.07, 6.45) is 4.90. The Labute approximate surface area is 146 Å². The molecular weight excluding hydrogens is 337 g/mol. The molecule has 8 heteroatoms. The van der Waals surface area contributed by atoms with Gasteiger partial charge < -0.3 is 5.73 Å². The van der Waals surface area contributed by atoms with E-state index in [0.29, 0.717) is 17.6 Å². The molecule has 1 saturated heterocycles. The zero-order valence-electron chi connectivity index (χ0n) is 12.7. The van der Waals surface area contributed by atoms with Crippen LogP contribution in [0, 0.1) is 0 Å². The number of hydrogen-bond acceptors (Lipinski definition) is 4. The first-order chi connectivity index (χ1) is 10.6. The third kappa shape index (κ3) is 3.65. The van der Waals surface area contributed by atoms with Crippen molar-refractivity contribution in [1.82, 2.24) is 19.7 Å². The highest BCUT2D eigenvalue weighted by Crippen LogP contribution is 2.28. The first-order valence-electron chi connectivity index (χ1n) is 7.24. The summed E-state index contributed by atoms with van der Waals surface area (Å²) in [5, 5.41) is 4.83. The first-order valence-corrected chi connectivity index (χ1v) is 7.62. The zero-order valence-corrected chi connectivity index (χ0v) is 14.3. The lowest BCUT2D eigenvalue weighted by Gasteiger charge is -2.27. The number of nitrogens with zero attached hydrogens (tertiary/aromatic N) is 4. The van der Waals surface area contributed by atoms with Gasteiger partial charge in [0.25, 0.3) is 0 Å². The molecule has 1 aromatic carbocycles. The van der Waals surface area contributed by atoms with E-state index in [9.17, 15) is 4.79 Å². The summed E-state index contributed by atoms with van der Waals surface area (Å²) in [6.45, 7) is 2.72. The van der Waals surface area contributed by atoms with Crippen LogP contribution in [0.1, 0.15) is 25.3 Å². The Kier molecular flexibility index (Phi) is 5.62. The molecule has 0 radical (unpaired) electrons. The van der Waals surface area contributed by atoms with Crippen molar-refractivity contribution in [2.24, 2.45) is 5.73 Å². The van der Waals surface area contributed by atoms with Crippen molar-refractivity contribution in [3.8, 4) is 5.69 Å². The third-order valence-corrected chi connectivity index (χ3v) is 4.45. The maximum Gasteiger partial charge on any atom is 0.234 e. The largest absolute Gasteiger partial charge is 0.368 e. The predicted octanol–water partition coefficient (Wildman–Crippen LogP) is 2.18. The highest BCUT2D eigenvalue weighted by molar-refractivity contribution is 6.30. The highest BCUT2D eigenvalue weighted by Gasteiger charge is 2.34. The van der Waals surface area contributed by atoms with Gasteiger partial charge in [0.2, 0.25) is 5.91 Å². The van der Waals surface area contributed by atoms with Gasteiger partial charge in [0, 0.05) is 17.6 Å². The second-order valence-corrected chi connectivity index (χ2v) is 6.07. The molecule has 1 aliphatic heterocycles. The molecule has 124 valence electrons. The van der Waals surface area contributed by atoms with Gasteiger partial charge in [-0.05, 0) is 43.5 Å². The molecular formula is C15H19Cl2N5O. The van der Waals surface area contributed by atoms with E-state index in [1.807, 2.05) is 18.2 Å². The summed E-state index contributed by atoms with van der Waals surface area (Å²) in [7, 11) is 0. The molecule has 23 heavy (non-hydrogen) atoms. The maximum atomic E-state index is 11.7. The molecule has 0 bridgehead atoms. The molecule has 3 rings (SSSR count). The van der Waals surface area contributed by atoms with Gasteiger partial charge in [-0.25, -0.2) is 9.67 Å². The van der Waals surface area contributed by atoms with E-state index in [4.69, 9.17) is 17.3 Å². The fourth-order valence-electron chi connectivity index (χ4n) is 3.04. The Balaban J connectivity index is 0.00000192. The number of likely N-dealkylation sites (tertiary alicyclic amines) is 1. The molecule has 1 fully saturated rings. The molecule has 2 atom stereocenters. The van der Waals surface area contributed by atoms with Crippen molar-refractivity contribution < 1.29 is 4.79 Å². The van der Waals surface area contributed by atoms with Gasteiger partial charge in [0.15, 0.2) is 0 Å². The van der Waals surface area contributed by atoms with Crippen LogP contribution in [0.3, 0.4) is 0 Å². The van der Waals surface area contributed by atoms with Gasteiger partial charge in [-0.1, -0.05) is 11.6 Å². The van der Waals surface area contributed by atoms with Crippen molar-refractivity contribution in [2.45, 2.75) is 38.4 Å². The average molecular weight is 356 g/mol. The SMILES string of the molecule is CC1CC[C@@H](C(N)=O)N1Cc1cc(Cl)ccc1-n1cncn1.Cl. The Hall–Kier alpha value is -1.63. The minimum absolute atomic E-state index is 0. The topological polar surface area (TPSA) is 77.0 Å². The molecule has 1 aromatic heterocycles. The van der Waals surface area contributed by atoms with Crippen LogP contribution >= 0.6 is 24.0 Å². The van der Waals surface area contributed by atoms with Gasteiger partial charge in [0.05, 0.1) is 11.7 Å². The van der Waals surface area contributed by atoms with Gasteiger partial charge in [0.1, 0.15) is 12.7 Å². The van der Waals surface area contributed by atoms with Crippen LogP contribution in [0.25, 0.3) is 5.69 Å². The summed E-state index contributed by atoms with van der Waals surface area (Å²) in [6, 6.07) is 5.72. The van der Waals surface area contributed by atoms with Gasteiger partial charge >= 0.3 is 0 Å². The lowest BCUT2D eigenvalue weighted by atomic mass is 10.1. The number of hydrogen-bond donors (Lipinski definition) is 1. The van der Waals surface area contributed by atoms with Crippen molar-refractivity contribution in [1.29, 1.82) is 0 Å². The molecule has 1 amide bonds. The molecule has 6 nitrogen and oxygen atoms in total. The van der Waals surface area contributed by atoms with Crippen molar-refractivity contribution in [2.75, 3.05) is 0 Å². The van der Waals surface area contributed by atoms with Gasteiger partial charge in [-0.15, -0.1) is 12.4 Å². The van der Waals surface area contributed by atoms with E-state index < -0.39 is 0 Å². The van der Waals surface area contributed by atoms with Crippen LogP contribution < -0.4 is 5.73 Å². The van der Waals surface area contributed by atoms with Gasteiger partial charge in [-0.2, -0.15) is 5.10 Å². The molecule has 0 aliphatic carbocycles. The van der Waals surface area contributed by atoms with Crippen LogP contribution in [0.4, 0.5) is 0 Å². The number of nitrogens with two attached hydrogens (primary N) is 1. The summed E-state index contributed by atoms with van der Waals surface area (Å²) >= 11 is 6.14. The zero-order chi connectivity index (χ0) is 15.7. The Morgan fingerprint density at radius 1 is 1.43 bits per heavy atom. The lowest BCUT2D eigenvalue weighted by Crippen LogP contribution is -2.42. The van der Waals surface area contributed by atoms with E-state index in [-0.39, 0.29) is 24.4 Å². The van der Waals surface area contributed by atoms with Crippen LogP contribution in [-0.4, -0.2) is 37.7 Å². The summed E-state index contributed by atoms with van der Waals surface area (Å²) in [4.78, 5) is 17.8. The molecule has 1 aliphatic rings.